The summed E-state index contributed by atoms with van der Waals surface area (Å²) in [6, 6.07) is 13.1. The van der Waals surface area contributed by atoms with Gasteiger partial charge in [-0.15, -0.1) is 0 Å². The van der Waals surface area contributed by atoms with Crippen LogP contribution in [-0.4, -0.2) is 25.4 Å². The van der Waals surface area contributed by atoms with Crippen LogP contribution in [0.1, 0.15) is 11.1 Å². The first-order valence-corrected chi connectivity index (χ1v) is 7.13. The van der Waals surface area contributed by atoms with Crippen molar-refractivity contribution in [2.75, 3.05) is 14.2 Å². The van der Waals surface area contributed by atoms with Gasteiger partial charge in [0.25, 0.3) is 0 Å². The van der Waals surface area contributed by atoms with Crippen molar-refractivity contribution in [2.24, 2.45) is 0 Å². The maximum Gasteiger partial charge on any atom is 0.122 e. The molecule has 1 unspecified atom stereocenters. The molecule has 0 saturated carbocycles. The molecule has 2 rings (SSSR count). The molecule has 4 heteroatoms. The number of aliphatic hydroxyl groups excluding tert-OH is 1. The van der Waals surface area contributed by atoms with Gasteiger partial charge in [0.05, 0.1) is 20.3 Å². The quantitative estimate of drug-likeness (QED) is 0.887. The fourth-order valence-electron chi connectivity index (χ4n) is 2.30. The van der Waals surface area contributed by atoms with Crippen molar-refractivity contribution in [3.05, 3.63) is 58.6 Å². The Morgan fingerprint density at radius 1 is 1.05 bits per heavy atom. The number of benzene rings is 2. The van der Waals surface area contributed by atoms with Crippen molar-refractivity contribution >= 4 is 11.6 Å². The molecule has 0 aromatic heterocycles. The Morgan fingerprint density at radius 3 is 2.57 bits per heavy atom. The van der Waals surface area contributed by atoms with Crippen molar-refractivity contribution in [1.82, 2.24) is 0 Å². The minimum absolute atomic E-state index is 0.487. The molecule has 1 atom stereocenters. The number of halogens is 1. The largest absolute Gasteiger partial charge is 0.497 e. The highest BCUT2D eigenvalue weighted by atomic mass is 35.5. The van der Waals surface area contributed by atoms with E-state index in [1.165, 1.54) is 0 Å². The number of ether oxygens (including phenoxy) is 2. The maximum absolute atomic E-state index is 10.3. The Hall–Kier alpha value is -1.71. The number of hydrogen-bond acceptors (Lipinski definition) is 3. The van der Waals surface area contributed by atoms with Crippen molar-refractivity contribution in [3.63, 3.8) is 0 Å². The second-order valence-corrected chi connectivity index (χ2v) is 5.31. The SMILES string of the molecule is COc1cccc(CC(O)Cc2cc(Cl)ccc2OC)c1. The third kappa shape index (κ3) is 4.38. The van der Waals surface area contributed by atoms with E-state index in [0.717, 1.165) is 22.6 Å². The molecule has 0 fully saturated rings. The summed E-state index contributed by atoms with van der Waals surface area (Å²) in [6.07, 6.45) is 0.526. The van der Waals surface area contributed by atoms with Crippen molar-refractivity contribution in [2.45, 2.75) is 18.9 Å². The van der Waals surface area contributed by atoms with Gasteiger partial charge < -0.3 is 14.6 Å². The van der Waals surface area contributed by atoms with Gasteiger partial charge in [-0.2, -0.15) is 0 Å². The topological polar surface area (TPSA) is 38.7 Å². The molecule has 0 saturated heterocycles. The lowest BCUT2D eigenvalue weighted by Crippen LogP contribution is -2.14. The molecule has 0 spiro atoms. The van der Waals surface area contributed by atoms with E-state index in [1.54, 1.807) is 20.3 Å². The number of aliphatic hydroxyl groups is 1. The molecule has 1 N–H and O–H groups in total. The molecule has 2 aromatic rings. The zero-order valence-corrected chi connectivity index (χ0v) is 12.9. The average Bonchev–Trinajstić information content (AvgIpc) is 2.47. The van der Waals surface area contributed by atoms with E-state index in [1.807, 2.05) is 36.4 Å². The number of methoxy groups -OCH3 is 2. The zero-order chi connectivity index (χ0) is 15.2. The summed E-state index contributed by atoms with van der Waals surface area (Å²) in [5, 5.41) is 10.9. The fraction of sp³-hybridized carbons (Fsp3) is 0.294. The summed E-state index contributed by atoms with van der Waals surface area (Å²) in [5.41, 5.74) is 1.93. The van der Waals surface area contributed by atoms with Gasteiger partial charge in [-0.05, 0) is 47.9 Å². The van der Waals surface area contributed by atoms with E-state index in [-0.39, 0.29) is 0 Å². The molecular weight excluding hydrogens is 288 g/mol. The number of hydrogen-bond donors (Lipinski definition) is 1. The highest BCUT2D eigenvalue weighted by molar-refractivity contribution is 6.30. The second-order valence-electron chi connectivity index (χ2n) is 4.87. The predicted octanol–water partition coefficient (Wildman–Crippen LogP) is 3.50. The number of rotatable bonds is 6. The molecule has 0 heterocycles. The third-order valence-electron chi connectivity index (χ3n) is 3.30. The molecule has 0 aliphatic heterocycles. The molecule has 21 heavy (non-hydrogen) atoms. The fourth-order valence-corrected chi connectivity index (χ4v) is 2.50. The molecule has 0 aliphatic carbocycles. The molecular formula is C17H19ClO3. The Morgan fingerprint density at radius 2 is 1.86 bits per heavy atom. The lowest BCUT2D eigenvalue weighted by atomic mass is 10.0. The van der Waals surface area contributed by atoms with Crippen molar-refractivity contribution < 1.29 is 14.6 Å². The summed E-state index contributed by atoms with van der Waals surface area (Å²) < 4.78 is 10.5. The van der Waals surface area contributed by atoms with Gasteiger partial charge in [-0.3, -0.25) is 0 Å². The van der Waals surface area contributed by atoms with Crippen LogP contribution in [0.4, 0.5) is 0 Å². The highest BCUT2D eigenvalue weighted by Crippen LogP contribution is 2.25. The van der Waals surface area contributed by atoms with Crippen LogP contribution in [0, 0.1) is 0 Å². The van der Waals surface area contributed by atoms with Gasteiger partial charge in [0.1, 0.15) is 11.5 Å². The Bertz CT molecular complexity index is 598. The molecule has 0 amide bonds. The lowest BCUT2D eigenvalue weighted by molar-refractivity contribution is 0.174. The van der Waals surface area contributed by atoms with E-state index in [2.05, 4.69) is 0 Å². The average molecular weight is 307 g/mol. The van der Waals surface area contributed by atoms with Crippen LogP contribution < -0.4 is 9.47 Å². The zero-order valence-electron chi connectivity index (χ0n) is 12.2. The summed E-state index contributed by atoms with van der Waals surface area (Å²) in [7, 11) is 3.24. The molecule has 3 nitrogen and oxygen atoms in total. The first-order chi connectivity index (χ1) is 10.1. The molecule has 0 radical (unpaired) electrons. The van der Waals surface area contributed by atoms with Crippen LogP contribution in [0.15, 0.2) is 42.5 Å². The summed E-state index contributed by atoms with van der Waals surface area (Å²) in [4.78, 5) is 0. The van der Waals surface area contributed by atoms with Crippen LogP contribution in [0.3, 0.4) is 0 Å². The van der Waals surface area contributed by atoms with E-state index in [9.17, 15) is 5.11 Å². The lowest BCUT2D eigenvalue weighted by Gasteiger charge is -2.14. The van der Waals surface area contributed by atoms with Gasteiger partial charge in [0, 0.05) is 11.4 Å². The van der Waals surface area contributed by atoms with Crippen LogP contribution in [0.5, 0.6) is 11.5 Å². The Labute approximate surface area is 130 Å². The van der Waals surface area contributed by atoms with Crippen LogP contribution in [0.25, 0.3) is 0 Å². The molecule has 2 aromatic carbocycles. The van der Waals surface area contributed by atoms with E-state index in [0.29, 0.717) is 17.9 Å². The normalized spacial score (nSPS) is 12.0. The standard InChI is InChI=1S/C17H19ClO3/c1-20-16-5-3-4-12(9-16)8-15(19)11-13-10-14(18)6-7-17(13)21-2/h3-7,9-10,15,19H,8,11H2,1-2H3. The van der Waals surface area contributed by atoms with E-state index >= 15 is 0 Å². The van der Waals surface area contributed by atoms with Gasteiger partial charge in [0.2, 0.25) is 0 Å². The second kappa shape index (κ2) is 7.34. The van der Waals surface area contributed by atoms with E-state index < -0.39 is 6.10 Å². The van der Waals surface area contributed by atoms with E-state index in [4.69, 9.17) is 21.1 Å². The smallest absolute Gasteiger partial charge is 0.122 e. The van der Waals surface area contributed by atoms with Gasteiger partial charge in [-0.1, -0.05) is 23.7 Å². The van der Waals surface area contributed by atoms with Crippen LogP contribution in [-0.2, 0) is 12.8 Å². The first kappa shape index (κ1) is 15.7. The van der Waals surface area contributed by atoms with Gasteiger partial charge >= 0.3 is 0 Å². The summed E-state index contributed by atoms with van der Waals surface area (Å²) >= 11 is 6.00. The van der Waals surface area contributed by atoms with Crippen LogP contribution in [0.2, 0.25) is 5.02 Å². The Balaban J connectivity index is 2.07. The van der Waals surface area contributed by atoms with Gasteiger partial charge in [-0.25, -0.2) is 0 Å². The first-order valence-electron chi connectivity index (χ1n) is 6.75. The maximum atomic E-state index is 10.3. The predicted molar refractivity (Wildman–Crippen MR) is 84.4 cm³/mol. The molecule has 112 valence electrons. The Kier molecular flexibility index (Phi) is 5.48. The monoisotopic (exact) mass is 306 g/mol. The van der Waals surface area contributed by atoms with Crippen molar-refractivity contribution in [3.8, 4) is 11.5 Å². The van der Waals surface area contributed by atoms with Crippen LogP contribution >= 0.6 is 11.6 Å². The minimum atomic E-state index is -0.510. The minimum Gasteiger partial charge on any atom is -0.497 e. The summed E-state index contributed by atoms with van der Waals surface area (Å²) in [6.45, 7) is 0. The third-order valence-corrected chi connectivity index (χ3v) is 3.54. The van der Waals surface area contributed by atoms with Crippen molar-refractivity contribution in [1.29, 1.82) is 0 Å². The molecule has 0 bridgehead atoms. The summed E-state index contributed by atoms with van der Waals surface area (Å²) in [5.74, 6) is 1.53. The van der Waals surface area contributed by atoms with Gasteiger partial charge in [0.15, 0.2) is 0 Å². The highest BCUT2D eigenvalue weighted by Gasteiger charge is 2.12. The molecule has 0 aliphatic rings.